The fourth-order valence-corrected chi connectivity index (χ4v) is 4.21. The lowest BCUT2D eigenvalue weighted by Gasteiger charge is -2.13. The highest BCUT2D eigenvalue weighted by Crippen LogP contribution is 2.39. The molecule has 0 spiro atoms. The molecule has 0 saturated heterocycles. The van der Waals surface area contributed by atoms with Crippen LogP contribution >= 0.6 is 11.6 Å². The number of nitrogens with one attached hydrogen (secondary N) is 2. The Bertz CT molecular complexity index is 1340. The number of halogens is 5. The quantitative estimate of drug-likeness (QED) is 0.372. The lowest BCUT2D eigenvalue weighted by atomic mass is 9.95. The first kappa shape index (κ1) is 26.4. The lowest BCUT2D eigenvalue weighted by molar-refractivity contribution is -0.173. The van der Waals surface area contributed by atoms with Crippen LogP contribution in [0.4, 0.5) is 22.4 Å². The van der Waals surface area contributed by atoms with Crippen molar-refractivity contribution in [1.29, 1.82) is 0 Å². The van der Waals surface area contributed by atoms with E-state index in [1.54, 1.807) is 13.0 Å². The maximum absolute atomic E-state index is 14.7. The van der Waals surface area contributed by atoms with Crippen LogP contribution in [-0.2, 0) is 11.2 Å². The normalized spacial score (nSPS) is 16.4. The summed E-state index contributed by atoms with van der Waals surface area (Å²) in [6.07, 6.45) is -3.02. The van der Waals surface area contributed by atoms with Gasteiger partial charge >= 0.3 is 18.2 Å². The SMILES string of the molecule is Cc1nc(-c2c(F)cc(Cl)cc2-c2ccc3c(c2)CCC3NC(=O)O)no1.O=C(NC1CC1)C(F)(F)F. The summed E-state index contributed by atoms with van der Waals surface area (Å²) in [6, 6.07) is 8.03. The highest BCUT2D eigenvalue weighted by Gasteiger charge is 2.41. The summed E-state index contributed by atoms with van der Waals surface area (Å²) in [5, 5.41) is 17.4. The van der Waals surface area contributed by atoms with Crippen molar-refractivity contribution in [2.24, 2.45) is 0 Å². The predicted molar refractivity (Wildman–Crippen MR) is 124 cm³/mol. The Morgan fingerprint density at radius 1 is 1.14 bits per heavy atom. The zero-order valence-electron chi connectivity index (χ0n) is 19.3. The molecule has 1 saturated carbocycles. The summed E-state index contributed by atoms with van der Waals surface area (Å²) in [5.41, 5.74) is 3.47. The summed E-state index contributed by atoms with van der Waals surface area (Å²) in [6.45, 7) is 1.63. The minimum atomic E-state index is -4.72. The number of alkyl halides is 3. The first-order chi connectivity index (χ1) is 17.4. The van der Waals surface area contributed by atoms with Crippen molar-refractivity contribution in [3.05, 3.63) is 58.2 Å². The second kappa shape index (κ2) is 10.4. The molecule has 1 atom stereocenters. The van der Waals surface area contributed by atoms with Crippen molar-refractivity contribution < 1.29 is 36.8 Å². The molecule has 2 amide bonds. The van der Waals surface area contributed by atoms with Crippen molar-refractivity contribution in [3.63, 3.8) is 0 Å². The van der Waals surface area contributed by atoms with E-state index in [1.807, 2.05) is 23.5 Å². The Morgan fingerprint density at radius 3 is 2.46 bits per heavy atom. The van der Waals surface area contributed by atoms with Gasteiger partial charge < -0.3 is 20.3 Å². The number of carbonyl (C=O) groups excluding carboxylic acids is 1. The third-order valence-electron chi connectivity index (χ3n) is 5.81. The highest BCUT2D eigenvalue weighted by atomic mass is 35.5. The van der Waals surface area contributed by atoms with E-state index in [1.165, 1.54) is 6.07 Å². The molecule has 2 aliphatic carbocycles. The molecule has 5 rings (SSSR count). The van der Waals surface area contributed by atoms with Crippen LogP contribution in [0.2, 0.25) is 5.02 Å². The predicted octanol–water partition coefficient (Wildman–Crippen LogP) is 5.59. The Labute approximate surface area is 213 Å². The van der Waals surface area contributed by atoms with Gasteiger partial charge in [0.25, 0.3) is 0 Å². The van der Waals surface area contributed by atoms with Gasteiger partial charge in [-0.25, -0.2) is 9.18 Å². The molecular formula is C24H21ClF4N4O4. The van der Waals surface area contributed by atoms with Gasteiger partial charge in [-0.3, -0.25) is 4.79 Å². The van der Waals surface area contributed by atoms with E-state index in [4.69, 9.17) is 21.2 Å². The number of carboxylic acid groups (broad SMARTS) is 1. The third kappa shape index (κ3) is 6.37. The van der Waals surface area contributed by atoms with Gasteiger partial charge in [-0.05, 0) is 60.1 Å². The number of carbonyl (C=O) groups is 2. The molecule has 1 fully saturated rings. The van der Waals surface area contributed by atoms with Crippen LogP contribution in [0.25, 0.3) is 22.5 Å². The van der Waals surface area contributed by atoms with Crippen LogP contribution in [0.1, 0.15) is 42.3 Å². The molecule has 3 N–H and O–H groups in total. The number of fused-ring (bicyclic) bond motifs is 1. The first-order valence-electron chi connectivity index (χ1n) is 11.2. The number of benzene rings is 2. The van der Waals surface area contributed by atoms with E-state index in [0.29, 0.717) is 30.7 Å². The van der Waals surface area contributed by atoms with E-state index >= 15 is 0 Å². The molecule has 13 heteroatoms. The number of hydrogen-bond acceptors (Lipinski definition) is 5. The van der Waals surface area contributed by atoms with Gasteiger partial charge in [0.15, 0.2) is 0 Å². The Morgan fingerprint density at radius 2 is 1.86 bits per heavy atom. The number of hydrogen-bond donors (Lipinski definition) is 3. The Hall–Kier alpha value is -3.67. The van der Waals surface area contributed by atoms with Crippen LogP contribution in [0.15, 0.2) is 34.9 Å². The maximum Gasteiger partial charge on any atom is 0.471 e. The summed E-state index contributed by atoms with van der Waals surface area (Å²) >= 11 is 6.08. The average molecular weight is 541 g/mol. The fourth-order valence-electron chi connectivity index (χ4n) is 4.01. The summed E-state index contributed by atoms with van der Waals surface area (Å²) in [4.78, 5) is 25.2. The van der Waals surface area contributed by atoms with E-state index < -0.39 is 24.0 Å². The molecule has 0 bridgehead atoms. The molecule has 2 aromatic carbocycles. The van der Waals surface area contributed by atoms with Gasteiger partial charge in [-0.15, -0.1) is 0 Å². The summed E-state index contributed by atoms with van der Waals surface area (Å²) in [5.74, 6) is -1.87. The molecule has 8 nitrogen and oxygen atoms in total. The van der Waals surface area contributed by atoms with Crippen LogP contribution in [-0.4, -0.2) is 39.5 Å². The van der Waals surface area contributed by atoms with Crippen molar-refractivity contribution in [3.8, 4) is 22.5 Å². The van der Waals surface area contributed by atoms with Crippen LogP contribution in [0.3, 0.4) is 0 Å². The molecule has 196 valence electrons. The number of aryl methyl sites for hydroxylation is 2. The smallest absolute Gasteiger partial charge is 0.465 e. The fraction of sp³-hybridized carbons (Fsp3) is 0.333. The Kier molecular flexibility index (Phi) is 7.39. The topological polar surface area (TPSA) is 117 Å². The second-order valence-corrected chi connectivity index (χ2v) is 9.08. The number of rotatable bonds is 4. The van der Waals surface area contributed by atoms with E-state index in [2.05, 4.69) is 15.5 Å². The Balaban J connectivity index is 0.000000270. The molecular weight excluding hydrogens is 520 g/mol. The number of amides is 2. The molecule has 1 unspecified atom stereocenters. The van der Waals surface area contributed by atoms with Gasteiger partial charge in [-0.1, -0.05) is 35.0 Å². The van der Waals surface area contributed by atoms with Crippen molar-refractivity contribution in [2.75, 3.05) is 0 Å². The van der Waals surface area contributed by atoms with Gasteiger partial charge in [0, 0.05) is 18.0 Å². The first-order valence-corrected chi connectivity index (χ1v) is 11.6. The van der Waals surface area contributed by atoms with E-state index in [0.717, 1.165) is 23.1 Å². The number of nitrogens with zero attached hydrogens (tertiary/aromatic N) is 2. The van der Waals surface area contributed by atoms with E-state index in [-0.39, 0.29) is 28.5 Å². The standard InChI is InChI=1S/C19H15ClFN3O3.C5H6F3NO/c1-9-22-18(24-27-9)17-14(7-12(20)8-15(17)21)11-2-4-13-10(6-11)3-5-16(13)23-19(25)26;6-5(7,8)4(10)9-3-1-2-3/h2,4,6-8,16,23H,3,5H2,1H3,(H,25,26);3H,1-2H2,(H,9,10). The summed E-state index contributed by atoms with van der Waals surface area (Å²) < 4.78 is 54.0. The molecule has 0 radical (unpaired) electrons. The molecule has 37 heavy (non-hydrogen) atoms. The molecule has 1 heterocycles. The molecule has 2 aliphatic rings. The van der Waals surface area contributed by atoms with Crippen molar-refractivity contribution in [1.82, 2.24) is 20.8 Å². The second-order valence-electron chi connectivity index (χ2n) is 8.65. The third-order valence-corrected chi connectivity index (χ3v) is 6.02. The maximum atomic E-state index is 14.7. The molecule has 1 aromatic heterocycles. The van der Waals surface area contributed by atoms with Crippen molar-refractivity contribution in [2.45, 2.75) is 50.9 Å². The zero-order chi connectivity index (χ0) is 26.9. The average Bonchev–Trinajstić information content (AvgIpc) is 3.39. The highest BCUT2D eigenvalue weighted by molar-refractivity contribution is 6.31. The largest absolute Gasteiger partial charge is 0.471 e. The lowest BCUT2D eigenvalue weighted by Crippen LogP contribution is -2.37. The van der Waals surface area contributed by atoms with Crippen LogP contribution in [0.5, 0.6) is 0 Å². The van der Waals surface area contributed by atoms with Crippen LogP contribution < -0.4 is 10.6 Å². The molecule has 3 aromatic rings. The number of aromatic nitrogens is 2. The minimum Gasteiger partial charge on any atom is -0.465 e. The van der Waals surface area contributed by atoms with Gasteiger partial charge in [-0.2, -0.15) is 18.2 Å². The van der Waals surface area contributed by atoms with Gasteiger partial charge in [0.1, 0.15) is 5.82 Å². The van der Waals surface area contributed by atoms with Crippen LogP contribution in [0, 0.1) is 12.7 Å². The summed E-state index contributed by atoms with van der Waals surface area (Å²) in [7, 11) is 0. The van der Waals surface area contributed by atoms with Crippen molar-refractivity contribution >= 4 is 23.6 Å². The van der Waals surface area contributed by atoms with Gasteiger partial charge in [0.2, 0.25) is 11.7 Å². The zero-order valence-corrected chi connectivity index (χ0v) is 20.1. The van der Waals surface area contributed by atoms with Gasteiger partial charge in [0.05, 0.1) is 11.6 Å². The molecule has 0 aliphatic heterocycles. The monoisotopic (exact) mass is 540 g/mol. The van der Waals surface area contributed by atoms with E-state index in [9.17, 15) is 27.2 Å². The minimum absolute atomic E-state index is 0.155.